The van der Waals surface area contributed by atoms with Crippen LogP contribution in [0.25, 0.3) is 0 Å². The Balaban J connectivity index is 1.84. The van der Waals surface area contributed by atoms with Crippen molar-refractivity contribution in [3.8, 4) is 0 Å². The number of carbonyl (C=O) groups excluding carboxylic acids is 2. The minimum Gasteiger partial charge on any atom is -0.329 e. The van der Waals surface area contributed by atoms with E-state index < -0.39 is 0 Å². The van der Waals surface area contributed by atoms with Crippen LogP contribution in [0.4, 0.5) is 5.69 Å². The molecule has 1 heterocycles. The van der Waals surface area contributed by atoms with E-state index in [-0.39, 0.29) is 17.9 Å². The molecule has 1 unspecified atom stereocenters. The summed E-state index contributed by atoms with van der Waals surface area (Å²) in [5, 5.41) is 6.12. The Morgan fingerprint density at radius 1 is 1.19 bits per heavy atom. The van der Waals surface area contributed by atoms with Crippen molar-refractivity contribution >= 4 is 17.5 Å². The molecule has 1 aliphatic heterocycles. The third kappa shape index (κ3) is 4.11. The average molecular weight is 351 g/mol. The highest BCUT2D eigenvalue weighted by molar-refractivity contribution is 5.97. The van der Waals surface area contributed by atoms with Crippen LogP contribution >= 0.6 is 0 Å². The second-order valence-corrected chi connectivity index (χ2v) is 6.58. The molecule has 2 aromatic carbocycles. The lowest BCUT2D eigenvalue weighted by Crippen LogP contribution is -2.48. The van der Waals surface area contributed by atoms with E-state index in [1.807, 2.05) is 4.90 Å². The summed E-state index contributed by atoms with van der Waals surface area (Å²) in [6, 6.07) is 15.6. The fourth-order valence-electron chi connectivity index (χ4n) is 3.32. The minimum absolute atomic E-state index is 0.00609. The van der Waals surface area contributed by atoms with E-state index in [1.165, 1.54) is 12.5 Å². The van der Waals surface area contributed by atoms with Crippen LogP contribution in [0.15, 0.2) is 48.5 Å². The molecule has 0 spiro atoms. The largest absolute Gasteiger partial charge is 0.329 e. The molecule has 26 heavy (non-hydrogen) atoms. The molecule has 2 N–H and O–H groups in total. The van der Waals surface area contributed by atoms with Crippen LogP contribution in [-0.2, 0) is 11.2 Å². The third-order valence-electron chi connectivity index (χ3n) is 4.71. The Labute approximate surface area is 154 Å². The number of rotatable bonds is 4. The van der Waals surface area contributed by atoms with E-state index in [9.17, 15) is 9.59 Å². The molecule has 1 saturated heterocycles. The second-order valence-electron chi connectivity index (χ2n) is 6.58. The topological polar surface area (TPSA) is 61.4 Å². The summed E-state index contributed by atoms with van der Waals surface area (Å²) in [5.41, 5.74) is 3.66. The molecule has 2 aromatic rings. The molecule has 1 aliphatic rings. The summed E-state index contributed by atoms with van der Waals surface area (Å²) in [6.45, 7) is 5.77. The highest BCUT2D eigenvalue weighted by atomic mass is 16.2. The number of aryl methyl sites for hydroxylation is 1. The van der Waals surface area contributed by atoms with Gasteiger partial charge in [0.25, 0.3) is 5.91 Å². The number of nitrogens with one attached hydrogen (secondary N) is 2. The van der Waals surface area contributed by atoms with Gasteiger partial charge in [-0.3, -0.25) is 9.59 Å². The quantitative estimate of drug-likeness (QED) is 0.890. The van der Waals surface area contributed by atoms with Gasteiger partial charge in [0.15, 0.2) is 0 Å². The van der Waals surface area contributed by atoms with Crippen molar-refractivity contribution in [3.05, 3.63) is 65.2 Å². The molecule has 0 saturated carbocycles. The molecule has 2 amide bonds. The Bertz CT molecular complexity index is 786. The maximum Gasteiger partial charge on any atom is 0.254 e. The molecule has 3 rings (SSSR count). The van der Waals surface area contributed by atoms with Crippen LogP contribution in [0.2, 0.25) is 0 Å². The van der Waals surface area contributed by atoms with Crippen LogP contribution in [-0.4, -0.2) is 36.3 Å². The number of hydrogen-bond donors (Lipinski definition) is 2. The van der Waals surface area contributed by atoms with Crippen molar-refractivity contribution in [1.29, 1.82) is 0 Å². The van der Waals surface area contributed by atoms with Crippen molar-refractivity contribution < 1.29 is 9.59 Å². The number of anilines is 1. The zero-order chi connectivity index (χ0) is 18.5. The second kappa shape index (κ2) is 8.15. The first-order valence-corrected chi connectivity index (χ1v) is 9.06. The number of carbonyl (C=O) groups is 2. The number of piperazine rings is 1. The first-order valence-electron chi connectivity index (χ1n) is 9.06. The van der Waals surface area contributed by atoms with Gasteiger partial charge in [-0.05, 0) is 35.7 Å². The maximum atomic E-state index is 13.1. The van der Waals surface area contributed by atoms with Gasteiger partial charge in [0.1, 0.15) is 0 Å². The lowest BCUT2D eigenvalue weighted by atomic mass is 10.00. The first kappa shape index (κ1) is 18.1. The smallest absolute Gasteiger partial charge is 0.254 e. The molecule has 5 nitrogen and oxygen atoms in total. The van der Waals surface area contributed by atoms with Crippen LogP contribution in [0, 0.1) is 0 Å². The van der Waals surface area contributed by atoms with Gasteiger partial charge >= 0.3 is 0 Å². The van der Waals surface area contributed by atoms with Crippen LogP contribution in [0.1, 0.15) is 41.4 Å². The number of benzene rings is 2. The number of amides is 2. The first-order chi connectivity index (χ1) is 12.6. The lowest BCUT2D eigenvalue weighted by Gasteiger charge is -2.36. The van der Waals surface area contributed by atoms with Gasteiger partial charge < -0.3 is 15.5 Å². The third-order valence-corrected chi connectivity index (χ3v) is 4.71. The molecule has 5 heteroatoms. The molecular formula is C21H25N3O2. The monoisotopic (exact) mass is 351 g/mol. The highest BCUT2D eigenvalue weighted by Gasteiger charge is 2.28. The van der Waals surface area contributed by atoms with E-state index in [0.29, 0.717) is 17.8 Å². The molecule has 1 atom stereocenters. The Hall–Kier alpha value is -2.66. The highest BCUT2D eigenvalue weighted by Crippen LogP contribution is 2.25. The van der Waals surface area contributed by atoms with E-state index in [2.05, 4.69) is 41.8 Å². The number of hydrogen-bond acceptors (Lipinski definition) is 3. The number of nitrogens with zero attached hydrogens (tertiary/aromatic N) is 1. The van der Waals surface area contributed by atoms with Crippen molar-refractivity contribution in [2.24, 2.45) is 0 Å². The molecule has 136 valence electrons. The predicted octanol–water partition coefficient (Wildman–Crippen LogP) is 2.99. The van der Waals surface area contributed by atoms with Gasteiger partial charge in [-0.2, -0.15) is 0 Å². The predicted molar refractivity (Wildman–Crippen MR) is 103 cm³/mol. The fraction of sp³-hybridized carbons (Fsp3) is 0.333. The van der Waals surface area contributed by atoms with Crippen molar-refractivity contribution in [2.75, 3.05) is 25.0 Å². The summed E-state index contributed by atoms with van der Waals surface area (Å²) < 4.78 is 0. The molecule has 0 aromatic heterocycles. The van der Waals surface area contributed by atoms with Gasteiger partial charge in [0, 0.05) is 37.8 Å². The Morgan fingerprint density at radius 2 is 1.96 bits per heavy atom. The Kier molecular flexibility index (Phi) is 5.68. The van der Waals surface area contributed by atoms with Gasteiger partial charge in [0.05, 0.1) is 6.04 Å². The summed E-state index contributed by atoms with van der Waals surface area (Å²) >= 11 is 0. The van der Waals surface area contributed by atoms with Gasteiger partial charge in [0.2, 0.25) is 5.91 Å². The summed E-state index contributed by atoms with van der Waals surface area (Å²) in [7, 11) is 0. The molecule has 1 fully saturated rings. The molecule has 0 bridgehead atoms. The standard InChI is InChI=1S/C21H25N3O2/c1-3-16-7-9-17(10-8-16)20-14-22-11-12-24(20)21(26)18-5-4-6-19(13-18)23-15(2)25/h4-10,13,20,22H,3,11-12,14H2,1-2H3,(H,23,25). The normalized spacial score (nSPS) is 17.0. The van der Waals surface area contributed by atoms with E-state index >= 15 is 0 Å². The van der Waals surface area contributed by atoms with Gasteiger partial charge in [-0.25, -0.2) is 0 Å². The minimum atomic E-state index is -0.148. The SMILES string of the molecule is CCc1ccc(C2CNCCN2C(=O)c2cccc(NC(C)=O)c2)cc1. The van der Waals surface area contributed by atoms with Crippen molar-refractivity contribution in [2.45, 2.75) is 26.3 Å². The zero-order valence-corrected chi connectivity index (χ0v) is 15.3. The fourth-order valence-corrected chi connectivity index (χ4v) is 3.32. The average Bonchev–Trinajstić information content (AvgIpc) is 2.67. The van der Waals surface area contributed by atoms with E-state index in [1.54, 1.807) is 24.3 Å². The molecular weight excluding hydrogens is 326 g/mol. The van der Waals surface area contributed by atoms with E-state index in [4.69, 9.17) is 0 Å². The zero-order valence-electron chi connectivity index (χ0n) is 15.3. The van der Waals surface area contributed by atoms with E-state index in [0.717, 1.165) is 25.1 Å². The van der Waals surface area contributed by atoms with Gasteiger partial charge in [-0.1, -0.05) is 37.3 Å². The summed E-state index contributed by atoms with van der Waals surface area (Å²) in [6.07, 6.45) is 1.00. The van der Waals surface area contributed by atoms with Crippen LogP contribution < -0.4 is 10.6 Å². The molecule has 0 aliphatic carbocycles. The summed E-state index contributed by atoms with van der Waals surface area (Å²) in [5.74, 6) is -0.158. The molecule has 0 radical (unpaired) electrons. The van der Waals surface area contributed by atoms with Crippen LogP contribution in [0.5, 0.6) is 0 Å². The lowest BCUT2D eigenvalue weighted by molar-refractivity contribution is -0.114. The Morgan fingerprint density at radius 3 is 2.65 bits per heavy atom. The van der Waals surface area contributed by atoms with Crippen molar-refractivity contribution in [1.82, 2.24) is 10.2 Å². The van der Waals surface area contributed by atoms with Crippen LogP contribution in [0.3, 0.4) is 0 Å². The van der Waals surface area contributed by atoms with Crippen molar-refractivity contribution in [3.63, 3.8) is 0 Å². The summed E-state index contributed by atoms with van der Waals surface area (Å²) in [4.78, 5) is 26.3. The maximum absolute atomic E-state index is 13.1. The van der Waals surface area contributed by atoms with Gasteiger partial charge in [-0.15, -0.1) is 0 Å².